The first-order valence-corrected chi connectivity index (χ1v) is 8.85. The monoisotopic (exact) mass is 343 g/mol. The highest BCUT2D eigenvalue weighted by molar-refractivity contribution is 7.92. The fourth-order valence-electron chi connectivity index (χ4n) is 1.74. The van der Waals surface area contributed by atoms with E-state index >= 15 is 0 Å². The zero-order valence-electron chi connectivity index (χ0n) is 12.8. The van der Waals surface area contributed by atoms with E-state index in [1.807, 2.05) is 0 Å². The molecule has 0 heterocycles. The number of amides is 2. The van der Waals surface area contributed by atoms with Crippen molar-refractivity contribution in [1.82, 2.24) is 5.32 Å². The topological polar surface area (TPSA) is 125 Å². The van der Waals surface area contributed by atoms with Crippen LogP contribution in [-0.2, 0) is 14.8 Å². The summed E-state index contributed by atoms with van der Waals surface area (Å²) in [5.74, 6) is -0.862. The SMILES string of the molecule is CCCS(=O)(=O)Nc1ccc(NC(=O)NCCCC(=O)O)cc1. The van der Waals surface area contributed by atoms with Gasteiger partial charge in [0, 0.05) is 24.3 Å². The standard InChI is InChI=1S/C14H21N3O5S/c1-2-10-23(21,22)17-12-7-5-11(6-8-12)16-14(20)15-9-3-4-13(18)19/h5-8,17H,2-4,9-10H2,1H3,(H,18,19)(H2,15,16,20). The van der Waals surface area contributed by atoms with Crippen LogP contribution in [0.5, 0.6) is 0 Å². The van der Waals surface area contributed by atoms with Crippen LogP contribution in [0.25, 0.3) is 0 Å². The van der Waals surface area contributed by atoms with Gasteiger partial charge in [-0.1, -0.05) is 6.92 Å². The largest absolute Gasteiger partial charge is 0.481 e. The Balaban J connectivity index is 2.44. The van der Waals surface area contributed by atoms with E-state index < -0.39 is 22.0 Å². The van der Waals surface area contributed by atoms with Crippen molar-refractivity contribution in [2.24, 2.45) is 0 Å². The van der Waals surface area contributed by atoms with Crippen molar-refractivity contribution >= 4 is 33.4 Å². The third-order valence-corrected chi connectivity index (χ3v) is 4.23. The van der Waals surface area contributed by atoms with Gasteiger partial charge in [-0.25, -0.2) is 13.2 Å². The molecule has 1 rings (SSSR count). The predicted octanol–water partition coefficient (Wildman–Crippen LogP) is 1.82. The second kappa shape index (κ2) is 8.99. The molecule has 0 fully saturated rings. The second-order valence-electron chi connectivity index (χ2n) is 4.88. The van der Waals surface area contributed by atoms with Crippen LogP contribution in [0, 0.1) is 0 Å². The minimum atomic E-state index is -3.34. The highest BCUT2D eigenvalue weighted by Gasteiger charge is 2.08. The van der Waals surface area contributed by atoms with Gasteiger partial charge < -0.3 is 15.7 Å². The minimum absolute atomic E-state index is 0.00706. The van der Waals surface area contributed by atoms with Crippen molar-refractivity contribution in [1.29, 1.82) is 0 Å². The molecule has 8 nitrogen and oxygen atoms in total. The molecule has 0 aliphatic rings. The third kappa shape index (κ3) is 8.05. The van der Waals surface area contributed by atoms with Gasteiger partial charge in [0.05, 0.1) is 5.75 Å². The maximum atomic E-state index is 11.6. The van der Waals surface area contributed by atoms with Gasteiger partial charge in [-0.2, -0.15) is 0 Å². The van der Waals surface area contributed by atoms with Crippen molar-refractivity contribution in [2.75, 3.05) is 22.3 Å². The van der Waals surface area contributed by atoms with E-state index in [0.717, 1.165) is 0 Å². The van der Waals surface area contributed by atoms with Gasteiger partial charge in [-0.05, 0) is 37.1 Å². The lowest BCUT2D eigenvalue weighted by atomic mass is 10.3. The van der Waals surface area contributed by atoms with E-state index in [2.05, 4.69) is 15.4 Å². The Morgan fingerprint density at radius 1 is 1.13 bits per heavy atom. The van der Waals surface area contributed by atoms with Gasteiger partial charge in [0.1, 0.15) is 0 Å². The van der Waals surface area contributed by atoms with Crippen molar-refractivity contribution in [2.45, 2.75) is 26.2 Å². The molecule has 0 radical (unpaired) electrons. The summed E-state index contributed by atoms with van der Waals surface area (Å²) in [6.45, 7) is 2.04. The van der Waals surface area contributed by atoms with E-state index in [1.54, 1.807) is 31.2 Å². The molecule has 128 valence electrons. The molecule has 0 saturated carbocycles. The lowest BCUT2D eigenvalue weighted by molar-refractivity contribution is -0.137. The van der Waals surface area contributed by atoms with Crippen LogP contribution >= 0.6 is 0 Å². The van der Waals surface area contributed by atoms with E-state index in [1.165, 1.54) is 0 Å². The molecule has 9 heteroatoms. The number of benzene rings is 1. The highest BCUT2D eigenvalue weighted by atomic mass is 32.2. The Hall–Kier alpha value is -2.29. The summed E-state index contributed by atoms with van der Waals surface area (Å²) in [6.07, 6.45) is 0.866. The van der Waals surface area contributed by atoms with Crippen molar-refractivity contribution in [3.05, 3.63) is 24.3 Å². The number of carbonyl (C=O) groups excluding carboxylic acids is 1. The quantitative estimate of drug-likeness (QED) is 0.509. The van der Waals surface area contributed by atoms with Crippen LogP contribution in [0.3, 0.4) is 0 Å². The van der Waals surface area contributed by atoms with Crippen LogP contribution in [0.4, 0.5) is 16.2 Å². The normalized spacial score (nSPS) is 10.8. The number of sulfonamides is 1. The Morgan fingerprint density at radius 3 is 2.30 bits per heavy atom. The summed E-state index contributed by atoms with van der Waals surface area (Å²) < 4.78 is 25.7. The van der Waals surface area contributed by atoms with Gasteiger partial charge in [0.25, 0.3) is 0 Å². The van der Waals surface area contributed by atoms with Crippen molar-refractivity contribution < 1.29 is 23.1 Å². The van der Waals surface area contributed by atoms with Crippen molar-refractivity contribution in [3.63, 3.8) is 0 Å². The smallest absolute Gasteiger partial charge is 0.319 e. The molecule has 4 N–H and O–H groups in total. The number of hydrogen-bond donors (Lipinski definition) is 4. The molecule has 0 atom stereocenters. The highest BCUT2D eigenvalue weighted by Crippen LogP contribution is 2.15. The maximum Gasteiger partial charge on any atom is 0.319 e. The van der Waals surface area contributed by atoms with E-state index in [4.69, 9.17) is 5.11 Å². The first kappa shape index (κ1) is 18.8. The molecule has 23 heavy (non-hydrogen) atoms. The molecule has 1 aromatic carbocycles. The fraction of sp³-hybridized carbons (Fsp3) is 0.429. The van der Waals surface area contributed by atoms with Crippen LogP contribution in [-0.4, -0.2) is 37.8 Å². The lowest BCUT2D eigenvalue weighted by Crippen LogP contribution is -2.29. The zero-order chi connectivity index (χ0) is 17.3. The van der Waals surface area contributed by atoms with Crippen LogP contribution in [0.15, 0.2) is 24.3 Å². The van der Waals surface area contributed by atoms with Crippen LogP contribution < -0.4 is 15.4 Å². The number of carboxylic acids is 1. The molecule has 0 spiro atoms. The predicted molar refractivity (Wildman–Crippen MR) is 88.0 cm³/mol. The summed E-state index contributed by atoms with van der Waals surface area (Å²) in [7, 11) is -3.34. The number of carbonyl (C=O) groups is 2. The molecular weight excluding hydrogens is 322 g/mol. The van der Waals surface area contributed by atoms with Gasteiger partial charge in [0.2, 0.25) is 10.0 Å². The summed E-state index contributed by atoms with van der Waals surface area (Å²) in [5.41, 5.74) is 0.921. The molecule has 0 aliphatic heterocycles. The molecule has 0 unspecified atom stereocenters. The summed E-state index contributed by atoms with van der Waals surface area (Å²) in [4.78, 5) is 21.9. The molecule has 2 amide bonds. The molecular formula is C14H21N3O5S. The number of anilines is 2. The number of rotatable bonds is 9. The second-order valence-corrected chi connectivity index (χ2v) is 6.72. The zero-order valence-corrected chi connectivity index (χ0v) is 13.6. The van der Waals surface area contributed by atoms with Gasteiger partial charge in [0.15, 0.2) is 0 Å². The molecule has 0 aliphatic carbocycles. The minimum Gasteiger partial charge on any atom is -0.481 e. The lowest BCUT2D eigenvalue weighted by Gasteiger charge is -2.09. The maximum absolute atomic E-state index is 11.6. The average Bonchev–Trinajstić information content (AvgIpc) is 2.45. The number of aliphatic carboxylic acids is 1. The third-order valence-electron chi connectivity index (χ3n) is 2.74. The molecule has 0 aromatic heterocycles. The van der Waals surface area contributed by atoms with Gasteiger partial charge in [-0.3, -0.25) is 9.52 Å². The Morgan fingerprint density at radius 2 is 1.74 bits per heavy atom. The molecule has 0 saturated heterocycles. The Labute approximate surface area is 135 Å². The van der Waals surface area contributed by atoms with Gasteiger partial charge in [-0.15, -0.1) is 0 Å². The average molecular weight is 343 g/mol. The van der Waals surface area contributed by atoms with E-state index in [0.29, 0.717) is 24.2 Å². The fourth-order valence-corrected chi connectivity index (χ4v) is 2.87. The van der Waals surface area contributed by atoms with E-state index in [9.17, 15) is 18.0 Å². The molecule has 0 bridgehead atoms. The van der Waals surface area contributed by atoms with Crippen LogP contribution in [0.2, 0.25) is 0 Å². The first-order chi connectivity index (χ1) is 10.8. The van der Waals surface area contributed by atoms with Gasteiger partial charge >= 0.3 is 12.0 Å². The number of hydrogen-bond acceptors (Lipinski definition) is 4. The molecule has 1 aromatic rings. The number of urea groups is 1. The van der Waals surface area contributed by atoms with E-state index in [-0.39, 0.29) is 18.7 Å². The Kier molecular flexibility index (Phi) is 7.33. The summed E-state index contributed by atoms with van der Waals surface area (Å²) in [5, 5.41) is 13.6. The number of nitrogens with one attached hydrogen (secondary N) is 3. The summed E-state index contributed by atoms with van der Waals surface area (Å²) in [6, 6.07) is 5.79. The summed E-state index contributed by atoms with van der Waals surface area (Å²) >= 11 is 0. The number of carboxylic acid groups (broad SMARTS) is 1. The Bertz CT molecular complexity index is 628. The van der Waals surface area contributed by atoms with Crippen molar-refractivity contribution in [3.8, 4) is 0 Å². The first-order valence-electron chi connectivity index (χ1n) is 7.19. The van der Waals surface area contributed by atoms with Crippen LogP contribution in [0.1, 0.15) is 26.2 Å².